The third-order valence-corrected chi connectivity index (χ3v) is 3.76. The fraction of sp³-hybridized carbons (Fsp3) is 0.357. The van der Waals surface area contributed by atoms with Gasteiger partial charge in [-0.25, -0.2) is 0 Å². The Balaban J connectivity index is 2.82. The minimum atomic E-state index is 0.654. The van der Waals surface area contributed by atoms with Crippen LogP contribution in [0.5, 0.6) is 0 Å². The van der Waals surface area contributed by atoms with Crippen LogP contribution < -0.4 is 5.32 Å². The summed E-state index contributed by atoms with van der Waals surface area (Å²) in [6, 6.07) is 3.92. The van der Waals surface area contributed by atoms with Gasteiger partial charge in [-0.2, -0.15) is 0 Å². The lowest BCUT2D eigenvalue weighted by Gasteiger charge is -2.13. The lowest BCUT2D eigenvalue weighted by atomic mass is 10.1. The zero-order valence-electron chi connectivity index (χ0n) is 10.8. The number of halogens is 2. The highest BCUT2D eigenvalue weighted by Gasteiger charge is 2.13. The Hall–Kier alpha value is -0.990. The number of anilines is 1. The van der Waals surface area contributed by atoms with E-state index in [-0.39, 0.29) is 0 Å². The van der Waals surface area contributed by atoms with Crippen LogP contribution in [0.1, 0.15) is 24.6 Å². The summed E-state index contributed by atoms with van der Waals surface area (Å²) in [5.41, 5.74) is 3.77. The molecular weight excluding hydrogens is 267 g/mol. The molecule has 96 valence electrons. The average Bonchev–Trinajstić information content (AvgIpc) is 2.35. The Labute approximate surface area is 117 Å². The molecule has 1 N–H and O–H groups in total. The van der Waals surface area contributed by atoms with E-state index >= 15 is 0 Å². The van der Waals surface area contributed by atoms with Gasteiger partial charge in [0.25, 0.3) is 0 Å². The molecule has 1 aromatic heterocycles. The molecule has 1 heterocycles. The Morgan fingerprint density at radius 2 is 2.00 bits per heavy atom. The third-order valence-electron chi connectivity index (χ3n) is 2.98. The Morgan fingerprint density at radius 3 is 2.61 bits per heavy atom. The summed E-state index contributed by atoms with van der Waals surface area (Å²) in [7, 11) is 1.89. The Morgan fingerprint density at radius 1 is 1.28 bits per heavy atom. The molecule has 0 spiro atoms. The highest BCUT2D eigenvalue weighted by Crippen LogP contribution is 2.36. The highest BCUT2D eigenvalue weighted by atomic mass is 35.5. The first kappa shape index (κ1) is 13.4. The first-order valence-electron chi connectivity index (χ1n) is 6.04. The molecule has 0 bridgehead atoms. The molecule has 0 amide bonds. The standard InChI is InChI=1S/C14H16Cl2N2/c1-4-5-9-7-11(17-3)12-13(16)8(2)6-10(15)14(12)18-9/h6-7H,4-5H2,1-3H3,(H,17,18). The fourth-order valence-electron chi connectivity index (χ4n) is 2.09. The van der Waals surface area contributed by atoms with E-state index in [4.69, 9.17) is 23.2 Å². The zero-order valence-corrected chi connectivity index (χ0v) is 12.3. The minimum absolute atomic E-state index is 0.654. The van der Waals surface area contributed by atoms with Gasteiger partial charge in [-0.05, 0) is 31.0 Å². The maximum Gasteiger partial charge on any atom is 0.0927 e. The first-order valence-corrected chi connectivity index (χ1v) is 6.80. The topological polar surface area (TPSA) is 24.9 Å². The molecule has 0 unspecified atom stereocenters. The molecule has 0 saturated carbocycles. The van der Waals surface area contributed by atoms with Crippen LogP contribution in [0.15, 0.2) is 12.1 Å². The zero-order chi connectivity index (χ0) is 13.3. The van der Waals surface area contributed by atoms with E-state index < -0.39 is 0 Å². The van der Waals surface area contributed by atoms with Gasteiger partial charge in [-0.1, -0.05) is 36.5 Å². The van der Waals surface area contributed by atoms with Crippen molar-refractivity contribution in [1.29, 1.82) is 0 Å². The number of fused-ring (bicyclic) bond motifs is 1. The van der Waals surface area contributed by atoms with E-state index in [0.29, 0.717) is 10.0 Å². The maximum atomic E-state index is 6.37. The van der Waals surface area contributed by atoms with E-state index in [2.05, 4.69) is 17.2 Å². The summed E-state index contributed by atoms with van der Waals surface area (Å²) in [6.07, 6.45) is 1.99. The predicted molar refractivity (Wildman–Crippen MR) is 80.0 cm³/mol. The summed E-state index contributed by atoms with van der Waals surface area (Å²) >= 11 is 12.7. The molecule has 4 heteroatoms. The van der Waals surface area contributed by atoms with Gasteiger partial charge in [-0.15, -0.1) is 0 Å². The van der Waals surface area contributed by atoms with Gasteiger partial charge in [0.2, 0.25) is 0 Å². The molecule has 0 aliphatic heterocycles. The summed E-state index contributed by atoms with van der Waals surface area (Å²) in [6.45, 7) is 4.09. The lowest BCUT2D eigenvalue weighted by molar-refractivity contribution is 0.890. The number of pyridine rings is 1. The van der Waals surface area contributed by atoms with Gasteiger partial charge in [0, 0.05) is 23.8 Å². The number of hydrogen-bond acceptors (Lipinski definition) is 2. The van der Waals surface area contributed by atoms with Crippen LogP contribution in [0.25, 0.3) is 10.9 Å². The summed E-state index contributed by atoms with van der Waals surface area (Å²) in [5.74, 6) is 0. The Kier molecular flexibility index (Phi) is 3.98. The second kappa shape index (κ2) is 5.33. The summed E-state index contributed by atoms with van der Waals surface area (Å²) in [4.78, 5) is 4.62. The number of nitrogens with zero attached hydrogens (tertiary/aromatic N) is 1. The normalized spacial score (nSPS) is 10.9. The van der Waals surface area contributed by atoms with E-state index in [1.165, 1.54) is 0 Å². The van der Waals surface area contributed by atoms with E-state index in [1.54, 1.807) is 0 Å². The van der Waals surface area contributed by atoms with Crippen molar-refractivity contribution in [3.8, 4) is 0 Å². The van der Waals surface area contributed by atoms with Crippen LogP contribution in [0.4, 0.5) is 5.69 Å². The molecule has 0 aliphatic carbocycles. The Bertz CT molecular complexity index is 594. The number of aromatic nitrogens is 1. The van der Waals surface area contributed by atoms with E-state index in [9.17, 15) is 0 Å². The van der Waals surface area contributed by atoms with Crippen molar-refractivity contribution in [2.45, 2.75) is 26.7 Å². The molecule has 2 aromatic rings. The van der Waals surface area contributed by atoms with Crippen LogP contribution in [-0.4, -0.2) is 12.0 Å². The van der Waals surface area contributed by atoms with Crippen molar-refractivity contribution < 1.29 is 0 Å². The van der Waals surface area contributed by atoms with Crippen LogP contribution in [0, 0.1) is 6.92 Å². The average molecular weight is 283 g/mol. The van der Waals surface area contributed by atoms with Crippen LogP contribution in [0.2, 0.25) is 10.0 Å². The largest absolute Gasteiger partial charge is 0.387 e. The quantitative estimate of drug-likeness (QED) is 0.871. The molecule has 18 heavy (non-hydrogen) atoms. The third kappa shape index (κ3) is 2.27. The van der Waals surface area contributed by atoms with Gasteiger partial charge < -0.3 is 5.32 Å². The van der Waals surface area contributed by atoms with Crippen molar-refractivity contribution in [2.75, 3.05) is 12.4 Å². The number of benzene rings is 1. The molecule has 2 rings (SSSR count). The molecule has 0 saturated heterocycles. The second-order valence-electron chi connectivity index (χ2n) is 4.37. The van der Waals surface area contributed by atoms with Crippen molar-refractivity contribution >= 4 is 39.8 Å². The smallest absolute Gasteiger partial charge is 0.0927 e. The second-order valence-corrected chi connectivity index (χ2v) is 5.16. The predicted octanol–water partition coefficient (Wildman–Crippen LogP) is 4.84. The van der Waals surface area contributed by atoms with Crippen molar-refractivity contribution in [3.05, 3.63) is 33.4 Å². The van der Waals surface area contributed by atoms with Crippen molar-refractivity contribution in [1.82, 2.24) is 4.98 Å². The monoisotopic (exact) mass is 282 g/mol. The summed E-state index contributed by atoms with van der Waals surface area (Å²) in [5, 5.41) is 5.46. The van der Waals surface area contributed by atoms with E-state index in [0.717, 1.165) is 40.7 Å². The highest BCUT2D eigenvalue weighted by molar-refractivity contribution is 6.41. The molecule has 0 fully saturated rings. The summed E-state index contributed by atoms with van der Waals surface area (Å²) < 4.78 is 0. The molecule has 0 atom stereocenters. The first-order chi connectivity index (χ1) is 8.58. The minimum Gasteiger partial charge on any atom is -0.387 e. The van der Waals surface area contributed by atoms with Gasteiger partial charge in [0.05, 0.1) is 15.6 Å². The van der Waals surface area contributed by atoms with Gasteiger partial charge >= 0.3 is 0 Å². The molecule has 0 aliphatic rings. The van der Waals surface area contributed by atoms with Crippen molar-refractivity contribution in [3.63, 3.8) is 0 Å². The maximum absolute atomic E-state index is 6.37. The molecule has 2 nitrogen and oxygen atoms in total. The van der Waals surface area contributed by atoms with Crippen LogP contribution in [0.3, 0.4) is 0 Å². The molecule has 0 radical (unpaired) electrons. The van der Waals surface area contributed by atoms with Gasteiger partial charge in [0.15, 0.2) is 0 Å². The van der Waals surface area contributed by atoms with Gasteiger partial charge in [-0.3, -0.25) is 4.98 Å². The van der Waals surface area contributed by atoms with E-state index in [1.807, 2.05) is 26.1 Å². The number of rotatable bonds is 3. The number of nitrogens with one attached hydrogen (secondary N) is 1. The van der Waals surface area contributed by atoms with Crippen LogP contribution in [-0.2, 0) is 6.42 Å². The number of hydrogen-bond donors (Lipinski definition) is 1. The molecule has 1 aromatic carbocycles. The van der Waals surface area contributed by atoms with Crippen molar-refractivity contribution in [2.24, 2.45) is 0 Å². The molecular formula is C14H16Cl2N2. The van der Waals surface area contributed by atoms with Crippen LogP contribution >= 0.6 is 23.2 Å². The SMILES string of the molecule is CCCc1cc(NC)c2c(Cl)c(C)cc(Cl)c2n1. The number of aryl methyl sites for hydroxylation is 2. The fourth-order valence-corrected chi connectivity index (χ4v) is 2.64. The van der Waals surface area contributed by atoms with Gasteiger partial charge in [0.1, 0.15) is 0 Å². The lowest BCUT2D eigenvalue weighted by Crippen LogP contribution is -1.98.